The number of hydrogen-bond acceptors (Lipinski definition) is 4. The second-order valence-electron chi connectivity index (χ2n) is 7.31. The predicted molar refractivity (Wildman–Crippen MR) is 115 cm³/mol. The Morgan fingerprint density at radius 3 is 2.59 bits per heavy atom. The van der Waals surface area contributed by atoms with Gasteiger partial charge in [-0.1, -0.05) is 30.3 Å². The molecule has 0 saturated carbocycles. The van der Waals surface area contributed by atoms with Crippen molar-refractivity contribution >= 4 is 17.0 Å². The fourth-order valence-electron chi connectivity index (χ4n) is 3.96. The fourth-order valence-corrected chi connectivity index (χ4v) is 3.96. The van der Waals surface area contributed by atoms with Crippen LogP contribution in [0.25, 0.3) is 10.8 Å². The van der Waals surface area contributed by atoms with Crippen molar-refractivity contribution in [2.24, 2.45) is 4.99 Å². The van der Waals surface area contributed by atoms with Crippen LogP contribution in [0.5, 0.6) is 11.5 Å². The van der Waals surface area contributed by atoms with Crippen LogP contribution in [-0.4, -0.2) is 51.3 Å². The van der Waals surface area contributed by atoms with Gasteiger partial charge in [-0.25, -0.2) is 0 Å². The molecule has 2 N–H and O–H groups in total. The van der Waals surface area contributed by atoms with E-state index in [1.54, 1.807) is 13.2 Å². The summed E-state index contributed by atoms with van der Waals surface area (Å²) in [5.41, 5.74) is 2.01. The highest BCUT2D eigenvalue weighted by molar-refractivity contribution is 6.02. The molecular weight excluding hydrogens is 364 g/mol. The standard InChI is InChI=1S/C24H26N2O3/c1-28-20-9-6-19(7-10-20)23(26-12-14-29-15-13-26)17-25-16-22-21-5-3-2-4-18(21)8-11-24(22)27/h2-11,16,23,27H,12-15,17H2,1H3/p+1/t23-/m0/s1. The number of fused-ring (bicyclic) bond motifs is 1. The van der Waals surface area contributed by atoms with Crippen molar-refractivity contribution in [2.45, 2.75) is 6.04 Å². The number of methoxy groups -OCH3 is 1. The number of aliphatic imine (C=N–C) groups is 1. The minimum atomic E-state index is 0.234. The Balaban J connectivity index is 1.60. The van der Waals surface area contributed by atoms with Gasteiger partial charge in [0.25, 0.3) is 0 Å². The van der Waals surface area contributed by atoms with Crippen molar-refractivity contribution in [1.29, 1.82) is 0 Å². The van der Waals surface area contributed by atoms with Crippen LogP contribution in [-0.2, 0) is 4.74 Å². The molecule has 3 aromatic carbocycles. The van der Waals surface area contributed by atoms with Crippen LogP contribution in [0.1, 0.15) is 17.2 Å². The van der Waals surface area contributed by atoms with Crippen LogP contribution in [0.4, 0.5) is 0 Å². The molecule has 1 saturated heterocycles. The number of rotatable bonds is 6. The number of hydrogen-bond donors (Lipinski definition) is 2. The normalized spacial score (nSPS) is 16.3. The van der Waals surface area contributed by atoms with Gasteiger partial charge in [0.05, 0.1) is 26.9 Å². The van der Waals surface area contributed by atoms with Gasteiger partial charge in [-0.3, -0.25) is 4.99 Å². The SMILES string of the molecule is COc1ccc([C@H](CN=Cc2c(O)ccc3ccccc23)[NH+]2CCOCC2)cc1. The number of quaternary nitrogens is 1. The molecule has 5 nitrogen and oxygen atoms in total. The van der Waals surface area contributed by atoms with E-state index in [1.807, 2.05) is 48.7 Å². The molecule has 0 aliphatic carbocycles. The number of phenolic OH excluding ortho intramolecular Hbond substituents is 1. The first-order valence-electron chi connectivity index (χ1n) is 10.0. The first kappa shape index (κ1) is 19.4. The molecule has 0 bridgehead atoms. The predicted octanol–water partition coefficient (Wildman–Crippen LogP) is 2.63. The van der Waals surface area contributed by atoms with E-state index in [0.717, 1.165) is 48.4 Å². The van der Waals surface area contributed by atoms with Gasteiger partial charge in [0.15, 0.2) is 0 Å². The van der Waals surface area contributed by atoms with Crippen molar-refractivity contribution in [3.05, 3.63) is 71.8 Å². The second-order valence-corrected chi connectivity index (χ2v) is 7.31. The summed E-state index contributed by atoms with van der Waals surface area (Å²) in [5.74, 6) is 1.11. The van der Waals surface area contributed by atoms with Crippen LogP contribution in [0.3, 0.4) is 0 Å². The molecule has 0 aromatic heterocycles. The van der Waals surface area contributed by atoms with Gasteiger partial charge < -0.3 is 19.5 Å². The second kappa shape index (κ2) is 9.07. The van der Waals surface area contributed by atoms with Crippen LogP contribution < -0.4 is 9.64 Å². The van der Waals surface area contributed by atoms with E-state index in [9.17, 15) is 5.11 Å². The molecular formula is C24H27N2O3+. The van der Waals surface area contributed by atoms with Gasteiger partial charge in [-0.2, -0.15) is 0 Å². The van der Waals surface area contributed by atoms with Crippen molar-refractivity contribution in [2.75, 3.05) is 40.0 Å². The fraction of sp³-hybridized carbons (Fsp3) is 0.292. The summed E-state index contributed by atoms with van der Waals surface area (Å²) in [6.07, 6.45) is 1.81. The van der Waals surface area contributed by atoms with E-state index in [2.05, 4.69) is 12.1 Å². The summed E-state index contributed by atoms with van der Waals surface area (Å²) in [4.78, 5) is 6.24. The monoisotopic (exact) mass is 391 g/mol. The molecule has 0 radical (unpaired) electrons. The lowest BCUT2D eigenvalue weighted by molar-refractivity contribution is -0.937. The number of phenols is 1. The topological polar surface area (TPSA) is 55.5 Å². The Hall–Kier alpha value is -2.89. The molecule has 1 fully saturated rings. The summed E-state index contributed by atoms with van der Waals surface area (Å²) in [6, 6.07) is 20.2. The molecule has 0 unspecified atom stereocenters. The summed E-state index contributed by atoms with van der Waals surface area (Å²) < 4.78 is 10.9. The maximum atomic E-state index is 10.4. The van der Waals surface area contributed by atoms with Gasteiger partial charge in [-0.15, -0.1) is 0 Å². The number of benzene rings is 3. The summed E-state index contributed by atoms with van der Waals surface area (Å²) >= 11 is 0. The van der Waals surface area contributed by atoms with Gasteiger partial charge in [0, 0.05) is 17.3 Å². The molecule has 29 heavy (non-hydrogen) atoms. The molecule has 1 aliphatic rings. The molecule has 0 amide bonds. The highest BCUT2D eigenvalue weighted by atomic mass is 16.5. The largest absolute Gasteiger partial charge is 0.507 e. The Bertz CT molecular complexity index is 979. The van der Waals surface area contributed by atoms with E-state index < -0.39 is 0 Å². The molecule has 150 valence electrons. The zero-order valence-electron chi connectivity index (χ0n) is 16.7. The minimum Gasteiger partial charge on any atom is -0.507 e. The molecule has 1 aliphatic heterocycles. The maximum Gasteiger partial charge on any atom is 0.133 e. The number of morpholine rings is 1. The minimum absolute atomic E-state index is 0.234. The van der Waals surface area contributed by atoms with Crippen molar-refractivity contribution in [1.82, 2.24) is 0 Å². The van der Waals surface area contributed by atoms with E-state index in [0.29, 0.717) is 6.54 Å². The third-order valence-electron chi connectivity index (χ3n) is 5.60. The molecule has 4 rings (SSSR count). The van der Waals surface area contributed by atoms with Crippen molar-refractivity contribution < 1.29 is 19.5 Å². The molecule has 3 aromatic rings. The van der Waals surface area contributed by atoms with Crippen LogP contribution in [0.15, 0.2) is 65.7 Å². The first-order valence-corrected chi connectivity index (χ1v) is 10.0. The lowest BCUT2D eigenvalue weighted by Gasteiger charge is -2.31. The van der Waals surface area contributed by atoms with E-state index in [-0.39, 0.29) is 11.8 Å². The Morgan fingerprint density at radius 1 is 1.07 bits per heavy atom. The van der Waals surface area contributed by atoms with E-state index in [1.165, 1.54) is 10.5 Å². The average Bonchev–Trinajstić information content (AvgIpc) is 2.79. The highest BCUT2D eigenvalue weighted by Gasteiger charge is 2.26. The van der Waals surface area contributed by atoms with Gasteiger partial charge in [0.1, 0.15) is 30.6 Å². The number of nitrogens with one attached hydrogen (secondary N) is 1. The lowest BCUT2D eigenvalue weighted by Crippen LogP contribution is -3.14. The van der Waals surface area contributed by atoms with Crippen molar-refractivity contribution in [3.8, 4) is 11.5 Å². The molecule has 5 heteroatoms. The van der Waals surface area contributed by atoms with Crippen LogP contribution >= 0.6 is 0 Å². The van der Waals surface area contributed by atoms with Crippen molar-refractivity contribution in [3.63, 3.8) is 0 Å². The number of ether oxygens (including phenoxy) is 2. The maximum absolute atomic E-state index is 10.4. The Labute approximate surface area is 171 Å². The zero-order valence-corrected chi connectivity index (χ0v) is 16.7. The third kappa shape index (κ3) is 4.42. The molecule has 0 spiro atoms. The summed E-state index contributed by atoms with van der Waals surface area (Å²) in [7, 11) is 1.68. The summed E-state index contributed by atoms with van der Waals surface area (Å²) in [5, 5.41) is 12.5. The zero-order chi connectivity index (χ0) is 20.1. The van der Waals surface area contributed by atoms with Gasteiger partial charge in [0.2, 0.25) is 0 Å². The van der Waals surface area contributed by atoms with E-state index >= 15 is 0 Å². The quantitative estimate of drug-likeness (QED) is 0.635. The lowest BCUT2D eigenvalue weighted by atomic mass is 10.0. The Kier molecular flexibility index (Phi) is 6.08. The smallest absolute Gasteiger partial charge is 0.133 e. The average molecular weight is 391 g/mol. The molecule has 1 heterocycles. The third-order valence-corrected chi connectivity index (χ3v) is 5.60. The van der Waals surface area contributed by atoms with E-state index in [4.69, 9.17) is 14.5 Å². The highest BCUT2D eigenvalue weighted by Crippen LogP contribution is 2.25. The molecule has 1 atom stereocenters. The first-order chi connectivity index (χ1) is 14.3. The van der Waals surface area contributed by atoms with Gasteiger partial charge >= 0.3 is 0 Å². The van der Waals surface area contributed by atoms with Crippen LogP contribution in [0, 0.1) is 0 Å². The van der Waals surface area contributed by atoms with Crippen LogP contribution in [0.2, 0.25) is 0 Å². The van der Waals surface area contributed by atoms with Gasteiger partial charge in [-0.05, 0) is 41.1 Å². The Morgan fingerprint density at radius 2 is 1.83 bits per heavy atom. The number of nitrogens with zero attached hydrogens (tertiary/aromatic N) is 1. The number of aromatic hydroxyl groups is 1. The summed E-state index contributed by atoms with van der Waals surface area (Å²) in [6.45, 7) is 4.12.